The van der Waals surface area contributed by atoms with Gasteiger partial charge in [0.15, 0.2) is 0 Å². The molecular formula is C32H27ClN2O3. The van der Waals surface area contributed by atoms with Crippen molar-refractivity contribution in [2.24, 2.45) is 0 Å². The van der Waals surface area contributed by atoms with E-state index in [4.69, 9.17) is 21.1 Å². The van der Waals surface area contributed by atoms with E-state index in [2.05, 4.69) is 11.4 Å². The molecule has 0 aliphatic carbocycles. The third-order valence-corrected chi connectivity index (χ3v) is 6.04. The number of ether oxygens (including phenoxy) is 2. The van der Waals surface area contributed by atoms with E-state index in [0.29, 0.717) is 41.0 Å². The highest BCUT2D eigenvalue weighted by molar-refractivity contribution is 6.32. The zero-order valence-corrected chi connectivity index (χ0v) is 22.0. The minimum atomic E-state index is -0.517. The van der Waals surface area contributed by atoms with E-state index in [1.165, 1.54) is 11.6 Å². The summed E-state index contributed by atoms with van der Waals surface area (Å²) in [4.78, 5) is 12.7. The Balaban J connectivity index is 1.35. The predicted octanol–water partition coefficient (Wildman–Crippen LogP) is 7.66. The van der Waals surface area contributed by atoms with E-state index in [-0.39, 0.29) is 5.57 Å². The average molecular weight is 523 g/mol. The van der Waals surface area contributed by atoms with Gasteiger partial charge < -0.3 is 14.8 Å². The summed E-state index contributed by atoms with van der Waals surface area (Å²) >= 11 is 6.40. The van der Waals surface area contributed by atoms with Crippen LogP contribution >= 0.6 is 11.6 Å². The van der Waals surface area contributed by atoms with Crippen molar-refractivity contribution < 1.29 is 14.3 Å². The molecule has 1 amide bonds. The quantitative estimate of drug-likeness (QED) is 0.181. The van der Waals surface area contributed by atoms with Gasteiger partial charge in [0.2, 0.25) is 0 Å². The summed E-state index contributed by atoms with van der Waals surface area (Å²) < 4.78 is 11.6. The normalized spacial score (nSPS) is 10.9. The summed E-state index contributed by atoms with van der Waals surface area (Å²) in [6, 6.07) is 30.3. The number of anilines is 1. The van der Waals surface area contributed by atoms with E-state index < -0.39 is 5.91 Å². The Morgan fingerprint density at radius 1 is 0.868 bits per heavy atom. The topological polar surface area (TPSA) is 71.3 Å². The summed E-state index contributed by atoms with van der Waals surface area (Å²) in [6.07, 6.45) is 1.49. The maximum Gasteiger partial charge on any atom is 0.266 e. The lowest BCUT2D eigenvalue weighted by Gasteiger charge is -2.10. The van der Waals surface area contributed by atoms with Crippen LogP contribution in [0.5, 0.6) is 11.5 Å². The van der Waals surface area contributed by atoms with Gasteiger partial charge in [0.05, 0.1) is 5.02 Å². The van der Waals surface area contributed by atoms with Gasteiger partial charge in [-0.3, -0.25) is 4.79 Å². The molecule has 0 aliphatic heterocycles. The molecule has 4 aromatic rings. The fourth-order valence-electron chi connectivity index (χ4n) is 3.69. The van der Waals surface area contributed by atoms with Crippen LogP contribution in [0.2, 0.25) is 5.02 Å². The van der Waals surface area contributed by atoms with Crippen LogP contribution in [-0.2, 0) is 18.0 Å². The number of aryl methyl sites for hydroxylation is 2. The number of carbonyl (C=O) groups excluding carboxylic acids is 1. The van der Waals surface area contributed by atoms with Gasteiger partial charge >= 0.3 is 0 Å². The fourth-order valence-corrected chi connectivity index (χ4v) is 3.93. The van der Waals surface area contributed by atoms with Crippen molar-refractivity contribution in [1.29, 1.82) is 5.26 Å². The molecule has 4 rings (SSSR count). The number of hydrogen-bond donors (Lipinski definition) is 1. The summed E-state index contributed by atoms with van der Waals surface area (Å²) in [7, 11) is 0. The third kappa shape index (κ3) is 7.49. The van der Waals surface area contributed by atoms with Gasteiger partial charge in [0, 0.05) is 5.69 Å². The Morgan fingerprint density at radius 3 is 2.29 bits per heavy atom. The molecule has 6 heteroatoms. The van der Waals surface area contributed by atoms with E-state index >= 15 is 0 Å². The lowest BCUT2D eigenvalue weighted by atomic mass is 10.1. The lowest BCUT2D eigenvalue weighted by Crippen LogP contribution is -2.13. The first-order valence-electron chi connectivity index (χ1n) is 12.1. The standard InChI is InChI=1S/C32H27ClN2O3/c1-22-6-8-24(9-7-22)20-37-29-13-11-28(12-14-29)35-32(36)27(19-34)17-25-10-15-31(30(33)18-25)38-21-26-5-3-4-23(2)16-26/h3-18H,20-21H2,1-2H3,(H,35,36)/b27-17+. The second-order valence-electron chi connectivity index (χ2n) is 8.89. The molecule has 4 aromatic carbocycles. The van der Waals surface area contributed by atoms with Gasteiger partial charge in [-0.1, -0.05) is 77.3 Å². The average Bonchev–Trinajstić information content (AvgIpc) is 2.91. The van der Waals surface area contributed by atoms with Crippen LogP contribution in [0.25, 0.3) is 6.08 Å². The summed E-state index contributed by atoms with van der Waals surface area (Å²) in [5, 5.41) is 12.7. The third-order valence-electron chi connectivity index (χ3n) is 5.75. The van der Waals surface area contributed by atoms with Crippen LogP contribution in [-0.4, -0.2) is 5.91 Å². The number of carbonyl (C=O) groups is 1. The highest BCUT2D eigenvalue weighted by Crippen LogP contribution is 2.27. The van der Waals surface area contributed by atoms with Crippen molar-refractivity contribution in [3.63, 3.8) is 0 Å². The molecule has 1 N–H and O–H groups in total. The fraction of sp³-hybridized carbons (Fsp3) is 0.125. The molecule has 0 saturated carbocycles. The highest BCUT2D eigenvalue weighted by Gasteiger charge is 2.11. The van der Waals surface area contributed by atoms with Crippen LogP contribution in [0.1, 0.15) is 27.8 Å². The lowest BCUT2D eigenvalue weighted by molar-refractivity contribution is -0.112. The van der Waals surface area contributed by atoms with Crippen LogP contribution in [0.3, 0.4) is 0 Å². The molecule has 0 aromatic heterocycles. The van der Waals surface area contributed by atoms with Crippen LogP contribution < -0.4 is 14.8 Å². The van der Waals surface area contributed by atoms with E-state index in [1.54, 1.807) is 42.5 Å². The van der Waals surface area contributed by atoms with Gasteiger partial charge in [-0.2, -0.15) is 5.26 Å². The molecule has 38 heavy (non-hydrogen) atoms. The minimum absolute atomic E-state index is 0.0470. The zero-order chi connectivity index (χ0) is 26.9. The Labute approximate surface area is 227 Å². The first-order chi connectivity index (χ1) is 18.4. The van der Waals surface area contributed by atoms with Crippen molar-refractivity contribution in [2.75, 3.05) is 5.32 Å². The molecule has 0 saturated heterocycles. The molecule has 0 fully saturated rings. The van der Waals surface area contributed by atoms with Gasteiger partial charge in [-0.25, -0.2) is 0 Å². The van der Waals surface area contributed by atoms with Gasteiger partial charge in [0.25, 0.3) is 5.91 Å². The van der Waals surface area contributed by atoms with E-state index in [0.717, 1.165) is 16.7 Å². The van der Waals surface area contributed by atoms with Gasteiger partial charge in [-0.05, 0) is 73.0 Å². The van der Waals surface area contributed by atoms with Gasteiger partial charge in [-0.15, -0.1) is 0 Å². The molecule has 0 aliphatic rings. The van der Waals surface area contributed by atoms with Crippen molar-refractivity contribution >= 4 is 29.3 Å². The van der Waals surface area contributed by atoms with Crippen LogP contribution in [0.15, 0.2) is 96.6 Å². The van der Waals surface area contributed by atoms with Crippen molar-refractivity contribution in [1.82, 2.24) is 0 Å². The number of hydrogen-bond acceptors (Lipinski definition) is 4. The number of nitrogens with zero attached hydrogens (tertiary/aromatic N) is 1. The Kier molecular flexibility index (Phi) is 8.81. The first kappa shape index (κ1) is 26.5. The molecular weight excluding hydrogens is 496 g/mol. The van der Waals surface area contributed by atoms with Crippen molar-refractivity contribution in [2.45, 2.75) is 27.1 Å². The highest BCUT2D eigenvalue weighted by atomic mass is 35.5. The molecule has 0 spiro atoms. The van der Waals surface area contributed by atoms with Gasteiger partial charge in [0.1, 0.15) is 36.4 Å². The SMILES string of the molecule is Cc1ccc(COc2ccc(NC(=O)/C(C#N)=C/c3ccc(OCc4cccc(C)c4)c(Cl)c3)cc2)cc1. The van der Waals surface area contributed by atoms with E-state index in [9.17, 15) is 10.1 Å². The summed E-state index contributed by atoms with van der Waals surface area (Å²) in [5.41, 5.74) is 5.59. The number of benzene rings is 4. The maximum atomic E-state index is 12.7. The molecule has 190 valence electrons. The number of rotatable bonds is 9. The molecule has 0 heterocycles. The number of halogens is 1. The second kappa shape index (κ2) is 12.6. The zero-order valence-electron chi connectivity index (χ0n) is 21.2. The Bertz CT molecular complexity index is 1490. The summed E-state index contributed by atoms with van der Waals surface area (Å²) in [5.74, 6) is 0.689. The second-order valence-corrected chi connectivity index (χ2v) is 9.30. The monoisotopic (exact) mass is 522 g/mol. The van der Waals surface area contributed by atoms with E-state index in [1.807, 2.05) is 62.4 Å². The van der Waals surface area contributed by atoms with Crippen LogP contribution in [0, 0.1) is 25.2 Å². The van der Waals surface area contributed by atoms with Crippen molar-refractivity contribution in [3.8, 4) is 17.6 Å². The largest absolute Gasteiger partial charge is 0.489 e. The number of nitriles is 1. The molecule has 0 bridgehead atoms. The first-order valence-corrected chi connectivity index (χ1v) is 12.5. The maximum absolute atomic E-state index is 12.7. The number of amides is 1. The van der Waals surface area contributed by atoms with Crippen LogP contribution in [0.4, 0.5) is 5.69 Å². The molecule has 0 atom stereocenters. The predicted molar refractivity (Wildman–Crippen MR) is 151 cm³/mol. The minimum Gasteiger partial charge on any atom is -0.489 e. The Hall–Kier alpha value is -4.53. The molecule has 0 radical (unpaired) electrons. The summed E-state index contributed by atoms with van der Waals surface area (Å²) in [6.45, 7) is 4.90. The number of nitrogens with one attached hydrogen (secondary N) is 1. The molecule has 0 unspecified atom stereocenters. The van der Waals surface area contributed by atoms with Crippen molar-refractivity contribution in [3.05, 3.63) is 129 Å². The molecule has 5 nitrogen and oxygen atoms in total. The smallest absolute Gasteiger partial charge is 0.266 e. The Morgan fingerprint density at radius 2 is 1.61 bits per heavy atom.